The number of carbonyl (C=O) groups excluding carboxylic acids is 1. The minimum absolute atomic E-state index is 0.0819. The fraction of sp³-hybridized carbons (Fsp3) is 0.417. The molecule has 0 spiro atoms. The van der Waals surface area contributed by atoms with Crippen molar-refractivity contribution in [1.29, 1.82) is 0 Å². The molecule has 3 aromatic rings. The summed E-state index contributed by atoms with van der Waals surface area (Å²) in [5.41, 5.74) is 3.46. The summed E-state index contributed by atoms with van der Waals surface area (Å²) in [4.78, 5) is 27.5. The Morgan fingerprint density at radius 2 is 1.90 bits per heavy atom. The largest absolute Gasteiger partial charge is 0.345 e. The number of fused-ring (bicyclic) bond motifs is 5. The van der Waals surface area contributed by atoms with Gasteiger partial charge in [-0.15, -0.1) is 0 Å². The summed E-state index contributed by atoms with van der Waals surface area (Å²) < 4.78 is 4.17. The van der Waals surface area contributed by atoms with Crippen LogP contribution in [0.1, 0.15) is 43.5 Å². The van der Waals surface area contributed by atoms with Gasteiger partial charge in [-0.25, -0.2) is 0 Å². The Labute approximate surface area is 170 Å². The highest BCUT2D eigenvalue weighted by atomic mass is 16.2. The topological polar surface area (TPSA) is 47.2 Å². The predicted molar refractivity (Wildman–Crippen MR) is 114 cm³/mol. The van der Waals surface area contributed by atoms with Crippen LogP contribution in [-0.2, 0) is 17.8 Å². The molecule has 4 heterocycles. The second kappa shape index (κ2) is 6.90. The zero-order valence-corrected chi connectivity index (χ0v) is 17.0. The summed E-state index contributed by atoms with van der Waals surface area (Å²) in [5.74, 6) is 0.817. The van der Waals surface area contributed by atoms with Gasteiger partial charge < -0.3 is 14.0 Å². The first-order chi connectivity index (χ1) is 14.0. The van der Waals surface area contributed by atoms with Gasteiger partial charge in [-0.2, -0.15) is 0 Å². The molecule has 1 aromatic carbocycles. The van der Waals surface area contributed by atoms with Gasteiger partial charge in [-0.1, -0.05) is 24.3 Å². The van der Waals surface area contributed by atoms with Gasteiger partial charge in [0.25, 0.3) is 5.56 Å². The van der Waals surface area contributed by atoms with Crippen LogP contribution in [0.5, 0.6) is 0 Å². The highest BCUT2D eigenvalue weighted by Gasteiger charge is 2.36. The van der Waals surface area contributed by atoms with Gasteiger partial charge >= 0.3 is 0 Å². The fourth-order valence-corrected chi connectivity index (χ4v) is 5.22. The molecule has 2 aliphatic rings. The molecule has 0 saturated carbocycles. The van der Waals surface area contributed by atoms with E-state index in [0.29, 0.717) is 24.9 Å². The van der Waals surface area contributed by atoms with Gasteiger partial charge in [-0.3, -0.25) is 9.59 Å². The molecule has 1 fully saturated rings. The van der Waals surface area contributed by atoms with Crippen LogP contribution >= 0.6 is 0 Å². The van der Waals surface area contributed by atoms with E-state index < -0.39 is 0 Å². The van der Waals surface area contributed by atoms with Crippen LogP contribution in [0.2, 0.25) is 0 Å². The van der Waals surface area contributed by atoms with E-state index in [2.05, 4.69) is 42.8 Å². The number of para-hydroxylation sites is 1. The number of nitrogens with zero attached hydrogens (tertiary/aromatic N) is 3. The van der Waals surface area contributed by atoms with E-state index in [4.69, 9.17) is 0 Å². The molecule has 2 unspecified atom stereocenters. The molecule has 1 amide bonds. The van der Waals surface area contributed by atoms with Crippen molar-refractivity contribution in [3.63, 3.8) is 0 Å². The summed E-state index contributed by atoms with van der Waals surface area (Å²) in [5, 5.41) is 1.17. The molecule has 29 heavy (non-hydrogen) atoms. The lowest BCUT2D eigenvalue weighted by Crippen LogP contribution is -2.49. The SMILES string of the molecule is CC(C)n1cc(CC(=O)N2CC3CC(C2)c2cccc(=O)n2C3)c2ccccc21. The van der Waals surface area contributed by atoms with Crippen molar-refractivity contribution >= 4 is 16.8 Å². The van der Waals surface area contributed by atoms with E-state index in [9.17, 15) is 9.59 Å². The van der Waals surface area contributed by atoms with Crippen LogP contribution in [0.4, 0.5) is 0 Å². The summed E-state index contributed by atoms with van der Waals surface area (Å²) in [7, 11) is 0. The normalized spacial score (nSPS) is 20.9. The number of benzene rings is 1. The van der Waals surface area contributed by atoms with Gasteiger partial charge in [-0.05, 0) is 43.9 Å². The van der Waals surface area contributed by atoms with Crippen molar-refractivity contribution in [3.8, 4) is 0 Å². The molecule has 0 N–H and O–H groups in total. The molecule has 150 valence electrons. The second-order valence-electron chi connectivity index (χ2n) is 8.85. The van der Waals surface area contributed by atoms with Gasteiger partial charge in [0, 0.05) is 60.5 Å². The highest BCUT2D eigenvalue weighted by Crippen LogP contribution is 2.35. The number of hydrogen-bond acceptors (Lipinski definition) is 2. The Kier molecular flexibility index (Phi) is 4.34. The average molecular weight is 389 g/mol. The van der Waals surface area contributed by atoms with Crippen molar-refractivity contribution < 1.29 is 4.79 Å². The van der Waals surface area contributed by atoms with Crippen LogP contribution in [0.3, 0.4) is 0 Å². The summed E-state index contributed by atoms with van der Waals surface area (Å²) >= 11 is 0. The second-order valence-corrected chi connectivity index (χ2v) is 8.85. The highest BCUT2D eigenvalue weighted by molar-refractivity contribution is 5.89. The molecule has 5 heteroatoms. The van der Waals surface area contributed by atoms with Gasteiger partial charge in [0.05, 0.1) is 6.42 Å². The maximum atomic E-state index is 13.2. The van der Waals surface area contributed by atoms with Crippen molar-refractivity contribution in [2.24, 2.45) is 5.92 Å². The summed E-state index contributed by atoms with van der Waals surface area (Å²) in [6.07, 6.45) is 3.65. The monoisotopic (exact) mass is 389 g/mol. The van der Waals surface area contributed by atoms with Crippen LogP contribution in [0.25, 0.3) is 10.9 Å². The van der Waals surface area contributed by atoms with Gasteiger partial charge in [0.1, 0.15) is 0 Å². The smallest absolute Gasteiger partial charge is 0.250 e. The molecule has 2 aromatic heterocycles. The van der Waals surface area contributed by atoms with Gasteiger partial charge in [0.15, 0.2) is 0 Å². The Hall–Kier alpha value is -2.82. The number of carbonyl (C=O) groups is 1. The first-order valence-electron chi connectivity index (χ1n) is 10.6. The number of pyridine rings is 1. The van der Waals surface area contributed by atoms with Crippen molar-refractivity contribution in [1.82, 2.24) is 14.0 Å². The van der Waals surface area contributed by atoms with Gasteiger partial charge in [0.2, 0.25) is 5.91 Å². The van der Waals surface area contributed by atoms with Crippen LogP contribution < -0.4 is 5.56 Å². The third-order valence-electron chi connectivity index (χ3n) is 6.55. The molecule has 5 nitrogen and oxygen atoms in total. The predicted octanol–water partition coefficient (Wildman–Crippen LogP) is 3.57. The van der Waals surface area contributed by atoms with Crippen molar-refractivity contribution in [2.45, 2.75) is 45.2 Å². The minimum atomic E-state index is 0.0819. The fourth-order valence-electron chi connectivity index (χ4n) is 5.22. The molecule has 2 atom stereocenters. The number of hydrogen-bond donors (Lipinski definition) is 0. The maximum Gasteiger partial charge on any atom is 0.250 e. The number of amides is 1. The number of likely N-dealkylation sites (tertiary alicyclic amines) is 1. The van der Waals surface area contributed by atoms with Crippen LogP contribution in [0, 0.1) is 5.92 Å². The summed E-state index contributed by atoms with van der Waals surface area (Å²) in [6, 6.07) is 14.2. The third-order valence-corrected chi connectivity index (χ3v) is 6.55. The van der Waals surface area contributed by atoms with Crippen LogP contribution in [0.15, 0.2) is 53.5 Å². The molecule has 5 rings (SSSR count). The standard InChI is InChI=1S/C24H27N3O2/c1-16(2)26-15-18(20-6-3-4-7-22(20)26)11-24(29)25-12-17-10-19(14-25)21-8-5-9-23(28)27(21)13-17/h3-9,15-17,19H,10-14H2,1-2H3. The number of rotatable bonds is 3. The molecular weight excluding hydrogens is 362 g/mol. The van der Waals surface area contributed by atoms with Crippen LogP contribution in [-0.4, -0.2) is 33.0 Å². The Morgan fingerprint density at radius 3 is 2.72 bits per heavy atom. The number of piperidine rings is 1. The zero-order valence-electron chi connectivity index (χ0n) is 17.0. The first-order valence-corrected chi connectivity index (χ1v) is 10.6. The summed E-state index contributed by atoms with van der Waals surface area (Å²) in [6.45, 7) is 6.52. The lowest BCUT2D eigenvalue weighted by atomic mass is 9.83. The van der Waals surface area contributed by atoms with E-state index in [1.54, 1.807) is 6.07 Å². The molecule has 0 radical (unpaired) electrons. The quantitative estimate of drug-likeness (QED) is 0.688. The first kappa shape index (κ1) is 18.2. The average Bonchev–Trinajstić information content (AvgIpc) is 3.08. The van der Waals surface area contributed by atoms with E-state index in [1.165, 1.54) is 10.9 Å². The Bertz CT molecular complexity index is 1140. The van der Waals surface area contributed by atoms with E-state index in [0.717, 1.165) is 30.8 Å². The Morgan fingerprint density at radius 1 is 1.07 bits per heavy atom. The third kappa shape index (κ3) is 3.09. The molecule has 1 saturated heterocycles. The van der Waals surface area contributed by atoms with Crippen molar-refractivity contribution in [3.05, 3.63) is 70.3 Å². The van der Waals surface area contributed by atoms with E-state index in [1.807, 2.05) is 27.7 Å². The van der Waals surface area contributed by atoms with E-state index >= 15 is 0 Å². The molecule has 2 bridgehead atoms. The van der Waals surface area contributed by atoms with E-state index in [-0.39, 0.29) is 17.4 Å². The minimum Gasteiger partial charge on any atom is -0.345 e. The molecule has 0 aliphatic carbocycles. The lowest BCUT2D eigenvalue weighted by molar-refractivity contribution is -0.133. The molecule has 2 aliphatic heterocycles. The zero-order chi connectivity index (χ0) is 20.1. The van der Waals surface area contributed by atoms with Crippen molar-refractivity contribution in [2.75, 3.05) is 13.1 Å². The number of aromatic nitrogens is 2. The maximum absolute atomic E-state index is 13.2. The Balaban J connectivity index is 1.41. The molecular formula is C24H27N3O2. The lowest BCUT2D eigenvalue weighted by Gasteiger charge is -2.42.